The van der Waals surface area contributed by atoms with Gasteiger partial charge in [-0.05, 0) is 46.3 Å². The van der Waals surface area contributed by atoms with E-state index in [2.05, 4.69) is 42.2 Å². The molecular formula is C19H27BrIN5O2. The molecule has 1 aromatic heterocycles. The van der Waals surface area contributed by atoms with Crippen molar-refractivity contribution in [2.24, 2.45) is 12.0 Å². The first-order valence-corrected chi connectivity index (χ1v) is 9.38. The van der Waals surface area contributed by atoms with Crippen molar-refractivity contribution < 1.29 is 9.53 Å². The molecule has 0 saturated carbocycles. The number of aliphatic imine (C=N–C) groups is 1. The lowest BCUT2D eigenvalue weighted by molar-refractivity contribution is 0.0954. The topological polar surface area (TPSA) is 70.9 Å². The SMILES string of the molecule is CN=C(NCCNC(=O)c1ccc(OC)cc1)N(C)Cc1cc(Br)cn1C.I. The summed E-state index contributed by atoms with van der Waals surface area (Å²) < 4.78 is 8.22. The zero-order chi connectivity index (χ0) is 19.8. The molecule has 0 aliphatic heterocycles. The van der Waals surface area contributed by atoms with E-state index in [9.17, 15) is 4.79 Å². The maximum absolute atomic E-state index is 12.1. The molecule has 1 aromatic carbocycles. The Bertz CT molecular complexity index is 792. The zero-order valence-corrected chi connectivity index (χ0v) is 20.4. The summed E-state index contributed by atoms with van der Waals surface area (Å²) in [6.07, 6.45) is 2.02. The van der Waals surface area contributed by atoms with E-state index in [-0.39, 0.29) is 29.9 Å². The van der Waals surface area contributed by atoms with Gasteiger partial charge >= 0.3 is 0 Å². The van der Waals surface area contributed by atoms with Crippen LogP contribution in [0, 0.1) is 0 Å². The number of nitrogens with zero attached hydrogens (tertiary/aromatic N) is 3. The molecule has 154 valence electrons. The zero-order valence-electron chi connectivity index (χ0n) is 16.5. The molecule has 0 unspecified atom stereocenters. The summed E-state index contributed by atoms with van der Waals surface area (Å²) in [6.45, 7) is 1.79. The molecular weight excluding hydrogens is 537 g/mol. The second-order valence-electron chi connectivity index (χ2n) is 6.08. The van der Waals surface area contributed by atoms with Gasteiger partial charge in [0.2, 0.25) is 0 Å². The number of ether oxygens (including phenoxy) is 1. The summed E-state index contributed by atoms with van der Waals surface area (Å²) in [5.74, 6) is 1.38. The van der Waals surface area contributed by atoms with Gasteiger partial charge in [0.1, 0.15) is 5.75 Å². The number of aromatic nitrogens is 1. The van der Waals surface area contributed by atoms with Gasteiger partial charge in [-0.15, -0.1) is 24.0 Å². The van der Waals surface area contributed by atoms with Gasteiger partial charge in [-0.3, -0.25) is 9.79 Å². The van der Waals surface area contributed by atoms with E-state index in [1.807, 2.05) is 25.2 Å². The molecule has 1 amide bonds. The molecule has 0 radical (unpaired) electrons. The highest BCUT2D eigenvalue weighted by molar-refractivity contribution is 14.0. The lowest BCUT2D eigenvalue weighted by Gasteiger charge is -2.22. The summed E-state index contributed by atoms with van der Waals surface area (Å²) in [7, 11) is 7.34. The number of methoxy groups -OCH3 is 1. The highest BCUT2D eigenvalue weighted by atomic mass is 127. The number of amides is 1. The van der Waals surface area contributed by atoms with Gasteiger partial charge in [0.25, 0.3) is 5.91 Å². The number of benzene rings is 1. The third-order valence-electron chi connectivity index (χ3n) is 4.09. The van der Waals surface area contributed by atoms with E-state index >= 15 is 0 Å². The average molecular weight is 564 g/mol. The van der Waals surface area contributed by atoms with E-state index in [1.54, 1.807) is 38.4 Å². The van der Waals surface area contributed by atoms with Crippen molar-refractivity contribution in [2.75, 3.05) is 34.3 Å². The quantitative estimate of drug-likeness (QED) is 0.235. The Morgan fingerprint density at radius 2 is 1.89 bits per heavy atom. The van der Waals surface area contributed by atoms with E-state index in [0.29, 0.717) is 18.7 Å². The third-order valence-corrected chi connectivity index (χ3v) is 4.53. The number of hydrogen-bond acceptors (Lipinski definition) is 3. The smallest absolute Gasteiger partial charge is 0.251 e. The molecule has 0 atom stereocenters. The largest absolute Gasteiger partial charge is 0.497 e. The molecule has 0 bridgehead atoms. The molecule has 2 N–H and O–H groups in total. The van der Waals surface area contributed by atoms with Crippen LogP contribution < -0.4 is 15.4 Å². The van der Waals surface area contributed by atoms with Crippen molar-refractivity contribution in [3.8, 4) is 5.75 Å². The molecule has 28 heavy (non-hydrogen) atoms. The first-order valence-electron chi connectivity index (χ1n) is 8.59. The fourth-order valence-corrected chi connectivity index (χ4v) is 3.19. The maximum Gasteiger partial charge on any atom is 0.251 e. The van der Waals surface area contributed by atoms with E-state index < -0.39 is 0 Å². The van der Waals surface area contributed by atoms with E-state index in [0.717, 1.165) is 22.7 Å². The summed E-state index contributed by atoms with van der Waals surface area (Å²) in [4.78, 5) is 18.5. The Labute approximate surface area is 191 Å². The number of carbonyl (C=O) groups is 1. The molecule has 0 saturated heterocycles. The Hall–Kier alpha value is -1.75. The predicted octanol–water partition coefficient (Wildman–Crippen LogP) is 2.85. The number of halogens is 2. The van der Waals surface area contributed by atoms with E-state index in [1.165, 1.54) is 5.69 Å². The molecule has 7 nitrogen and oxygen atoms in total. The van der Waals surface area contributed by atoms with Crippen LogP contribution in [0.25, 0.3) is 0 Å². The van der Waals surface area contributed by atoms with Crippen molar-refractivity contribution in [2.45, 2.75) is 6.54 Å². The van der Waals surface area contributed by atoms with Crippen LogP contribution in [0.5, 0.6) is 5.75 Å². The fourth-order valence-electron chi connectivity index (χ4n) is 2.62. The predicted molar refractivity (Wildman–Crippen MR) is 127 cm³/mol. The van der Waals surface area contributed by atoms with Gasteiger partial charge in [-0.1, -0.05) is 0 Å². The van der Waals surface area contributed by atoms with Crippen LogP contribution in [0.15, 0.2) is 46.0 Å². The molecule has 0 aliphatic rings. The minimum absolute atomic E-state index is 0. The molecule has 2 aromatic rings. The lowest BCUT2D eigenvalue weighted by Crippen LogP contribution is -2.42. The van der Waals surface area contributed by atoms with Crippen LogP contribution in [-0.2, 0) is 13.6 Å². The van der Waals surface area contributed by atoms with Crippen LogP contribution in [-0.4, -0.2) is 55.6 Å². The number of hydrogen-bond donors (Lipinski definition) is 2. The van der Waals surface area contributed by atoms with Crippen molar-refractivity contribution >= 4 is 51.8 Å². The Morgan fingerprint density at radius 1 is 1.25 bits per heavy atom. The number of nitrogens with one attached hydrogen (secondary N) is 2. The highest BCUT2D eigenvalue weighted by Gasteiger charge is 2.10. The molecule has 0 spiro atoms. The van der Waals surface area contributed by atoms with Gasteiger partial charge in [0, 0.05) is 56.2 Å². The Morgan fingerprint density at radius 3 is 2.43 bits per heavy atom. The number of carbonyl (C=O) groups excluding carboxylic acids is 1. The minimum Gasteiger partial charge on any atom is -0.497 e. The van der Waals surface area contributed by atoms with Gasteiger partial charge < -0.3 is 24.8 Å². The maximum atomic E-state index is 12.1. The minimum atomic E-state index is -0.114. The highest BCUT2D eigenvalue weighted by Crippen LogP contribution is 2.15. The summed E-state index contributed by atoms with van der Waals surface area (Å²) in [6, 6.07) is 9.11. The third kappa shape index (κ3) is 7.01. The van der Waals surface area contributed by atoms with Crippen LogP contribution in [0.3, 0.4) is 0 Å². The average Bonchev–Trinajstić information content (AvgIpc) is 2.98. The molecule has 1 heterocycles. The van der Waals surface area contributed by atoms with E-state index in [4.69, 9.17) is 4.74 Å². The standard InChI is InChI=1S/C19H26BrN5O2.HI/c1-21-19(25(3)13-16-11-15(20)12-24(16)2)23-10-9-22-18(26)14-5-7-17(27-4)8-6-14;/h5-8,11-12H,9-10,13H2,1-4H3,(H,21,23)(H,22,26);1H. The molecule has 0 fully saturated rings. The van der Waals surface area contributed by atoms with Crippen LogP contribution >= 0.6 is 39.9 Å². The van der Waals surface area contributed by atoms with Crippen LogP contribution in [0.4, 0.5) is 0 Å². The van der Waals surface area contributed by atoms with Crippen molar-refractivity contribution in [3.63, 3.8) is 0 Å². The number of aryl methyl sites for hydroxylation is 1. The summed E-state index contributed by atoms with van der Waals surface area (Å²) in [5, 5.41) is 6.15. The second kappa shape index (κ2) is 11.9. The second-order valence-corrected chi connectivity index (χ2v) is 6.99. The van der Waals surface area contributed by atoms with Crippen molar-refractivity contribution in [3.05, 3.63) is 52.3 Å². The van der Waals surface area contributed by atoms with Gasteiger partial charge in [0.15, 0.2) is 5.96 Å². The molecule has 0 aliphatic carbocycles. The summed E-state index contributed by atoms with van der Waals surface area (Å²) in [5.41, 5.74) is 1.77. The van der Waals surface area contributed by atoms with Crippen molar-refractivity contribution in [1.82, 2.24) is 20.1 Å². The van der Waals surface area contributed by atoms with Gasteiger partial charge in [-0.2, -0.15) is 0 Å². The first-order chi connectivity index (χ1) is 12.9. The van der Waals surface area contributed by atoms with Gasteiger partial charge in [-0.25, -0.2) is 0 Å². The normalized spacial score (nSPS) is 10.8. The van der Waals surface area contributed by atoms with Crippen LogP contribution in [0.2, 0.25) is 0 Å². The molecule has 2 rings (SSSR count). The number of rotatable bonds is 7. The van der Waals surface area contributed by atoms with Gasteiger partial charge in [0.05, 0.1) is 13.7 Å². The monoisotopic (exact) mass is 563 g/mol. The lowest BCUT2D eigenvalue weighted by atomic mass is 10.2. The molecule has 9 heteroatoms. The number of guanidine groups is 1. The first kappa shape index (κ1) is 24.3. The Balaban J connectivity index is 0.00000392. The summed E-state index contributed by atoms with van der Waals surface area (Å²) >= 11 is 3.49. The Kier molecular flexibility index (Phi) is 10.4. The fraction of sp³-hybridized carbons (Fsp3) is 0.368. The van der Waals surface area contributed by atoms with Crippen LogP contribution in [0.1, 0.15) is 16.1 Å². The van der Waals surface area contributed by atoms with Crippen molar-refractivity contribution in [1.29, 1.82) is 0 Å².